The van der Waals surface area contributed by atoms with Gasteiger partial charge < -0.3 is 16.4 Å². The van der Waals surface area contributed by atoms with Crippen LogP contribution in [-0.4, -0.2) is 29.9 Å². The first-order valence-corrected chi connectivity index (χ1v) is 10.8. The number of hydrogen-bond acceptors (Lipinski definition) is 4. The summed E-state index contributed by atoms with van der Waals surface area (Å²) >= 11 is 5.75. The lowest BCUT2D eigenvalue weighted by atomic mass is 9.81. The third-order valence-corrected chi connectivity index (χ3v) is 6.06. The molecule has 1 aromatic heterocycles. The molecule has 0 spiro atoms. The average Bonchev–Trinajstić information content (AvgIpc) is 2.78. The molecule has 2 aromatic rings. The summed E-state index contributed by atoms with van der Waals surface area (Å²) in [5, 5.41) is 6.26. The van der Waals surface area contributed by atoms with Crippen molar-refractivity contribution in [2.24, 2.45) is 17.6 Å². The van der Waals surface area contributed by atoms with E-state index in [0.29, 0.717) is 34.8 Å². The first-order valence-electron chi connectivity index (χ1n) is 10.5. The summed E-state index contributed by atoms with van der Waals surface area (Å²) in [6.07, 6.45) is 6.08. The van der Waals surface area contributed by atoms with Crippen molar-refractivity contribution < 1.29 is 9.59 Å². The van der Waals surface area contributed by atoms with E-state index >= 15 is 0 Å². The Morgan fingerprint density at radius 3 is 2.57 bits per heavy atom. The van der Waals surface area contributed by atoms with Crippen molar-refractivity contribution in [2.45, 2.75) is 38.5 Å². The molecule has 0 saturated heterocycles. The molecule has 3 atom stereocenters. The van der Waals surface area contributed by atoms with Gasteiger partial charge in [-0.25, -0.2) is 4.98 Å². The van der Waals surface area contributed by atoms with Crippen molar-refractivity contribution in [1.82, 2.24) is 10.3 Å². The first-order chi connectivity index (χ1) is 14.5. The normalized spacial score (nSPS) is 19.7. The monoisotopic (exact) mass is 428 g/mol. The van der Waals surface area contributed by atoms with E-state index in [-0.39, 0.29) is 17.7 Å². The molecule has 3 unspecified atom stereocenters. The van der Waals surface area contributed by atoms with Crippen molar-refractivity contribution in [3.05, 3.63) is 58.9 Å². The number of halogens is 1. The minimum Gasteiger partial charge on any atom is -0.355 e. The lowest BCUT2D eigenvalue weighted by Gasteiger charge is -2.28. The summed E-state index contributed by atoms with van der Waals surface area (Å²) in [7, 11) is 0. The summed E-state index contributed by atoms with van der Waals surface area (Å²) in [6, 6.07) is 10.5. The molecule has 2 amide bonds. The van der Waals surface area contributed by atoms with E-state index in [4.69, 9.17) is 17.3 Å². The Hall–Kier alpha value is -2.44. The van der Waals surface area contributed by atoms with Crippen LogP contribution in [0.3, 0.4) is 0 Å². The van der Waals surface area contributed by atoms with Gasteiger partial charge in [0.1, 0.15) is 5.15 Å². The Balaban J connectivity index is 1.51. The third-order valence-electron chi connectivity index (χ3n) is 5.84. The second-order valence-electron chi connectivity index (χ2n) is 8.05. The highest BCUT2D eigenvalue weighted by Gasteiger charge is 2.22. The molecule has 0 bridgehead atoms. The molecule has 3 rings (SSSR count). The summed E-state index contributed by atoms with van der Waals surface area (Å²) in [5.74, 6) is 0.604. The van der Waals surface area contributed by atoms with Crippen molar-refractivity contribution in [3.8, 4) is 0 Å². The highest BCUT2D eigenvalue weighted by Crippen LogP contribution is 2.28. The van der Waals surface area contributed by atoms with Gasteiger partial charge >= 0.3 is 0 Å². The van der Waals surface area contributed by atoms with Crippen molar-refractivity contribution in [1.29, 1.82) is 0 Å². The highest BCUT2D eigenvalue weighted by molar-refractivity contribution is 6.29. The molecule has 0 aliphatic heterocycles. The predicted octanol–water partition coefficient (Wildman–Crippen LogP) is 3.97. The van der Waals surface area contributed by atoms with Crippen LogP contribution in [0, 0.1) is 11.8 Å². The predicted molar refractivity (Wildman–Crippen MR) is 120 cm³/mol. The molecule has 4 N–H and O–H groups in total. The Labute approximate surface area is 182 Å². The third kappa shape index (κ3) is 6.03. The smallest absolute Gasteiger partial charge is 0.257 e. The van der Waals surface area contributed by atoms with Crippen LogP contribution < -0.4 is 16.4 Å². The standard InChI is InChI=1S/C23H29ClN4O2/c1-15(22(29)27-13-17-4-2-3-16(11-17)12-25)18-5-8-20(9-6-18)28-23(30)19-7-10-21(24)26-14-19/h5-10,14-17H,2-4,11-13,25H2,1H3,(H,27,29)(H,28,30). The van der Waals surface area contributed by atoms with E-state index in [0.717, 1.165) is 24.9 Å². The first kappa shape index (κ1) is 22.2. The van der Waals surface area contributed by atoms with Crippen LogP contribution >= 0.6 is 11.6 Å². The van der Waals surface area contributed by atoms with Gasteiger partial charge in [-0.05, 0) is 74.4 Å². The molecular weight excluding hydrogens is 400 g/mol. The topological polar surface area (TPSA) is 97.1 Å². The summed E-state index contributed by atoms with van der Waals surface area (Å²) in [6.45, 7) is 3.34. The molecule has 1 heterocycles. The Kier molecular flexibility index (Phi) is 7.82. The number of rotatable bonds is 7. The van der Waals surface area contributed by atoms with Crippen LogP contribution in [0.4, 0.5) is 5.69 Å². The fourth-order valence-electron chi connectivity index (χ4n) is 3.92. The van der Waals surface area contributed by atoms with Gasteiger partial charge in [-0.1, -0.05) is 30.2 Å². The van der Waals surface area contributed by atoms with Gasteiger partial charge in [0.2, 0.25) is 5.91 Å². The van der Waals surface area contributed by atoms with Crippen LogP contribution in [0.5, 0.6) is 0 Å². The maximum atomic E-state index is 12.6. The van der Waals surface area contributed by atoms with Gasteiger partial charge in [-0.3, -0.25) is 9.59 Å². The van der Waals surface area contributed by atoms with Gasteiger partial charge in [0.25, 0.3) is 5.91 Å². The van der Waals surface area contributed by atoms with E-state index in [9.17, 15) is 9.59 Å². The largest absolute Gasteiger partial charge is 0.355 e. The van der Waals surface area contributed by atoms with Crippen molar-refractivity contribution >= 4 is 29.1 Å². The molecule has 7 heteroatoms. The number of pyridine rings is 1. The van der Waals surface area contributed by atoms with E-state index in [2.05, 4.69) is 15.6 Å². The second-order valence-corrected chi connectivity index (χ2v) is 8.43. The van der Waals surface area contributed by atoms with E-state index < -0.39 is 0 Å². The molecule has 1 aliphatic rings. The van der Waals surface area contributed by atoms with Crippen LogP contribution in [0.1, 0.15) is 54.4 Å². The number of hydrogen-bond donors (Lipinski definition) is 3. The zero-order valence-electron chi connectivity index (χ0n) is 17.2. The van der Waals surface area contributed by atoms with E-state index in [1.165, 1.54) is 19.0 Å². The lowest BCUT2D eigenvalue weighted by molar-refractivity contribution is -0.122. The zero-order chi connectivity index (χ0) is 21.5. The SMILES string of the molecule is CC(C(=O)NCC1CCCC(CN)C1)c1ccc(NC(=O)c2ccc(Cl)nc2)cc1. The van der Waals surface area contributed by atoms with Gasteiger partial charge in [-0.2, -0.15) is 0 Å². The minimum atomic E-state index is -0.263. The zero-order valence-corrected chi connectivity index (χ0v) is 18.0. The average molecular weight is 429 g/mol. The number of amides is 2. The molecule has 30 heavy (non-hydrogen) atoms. The van der Waals surface area contributed by atoms with Crippen molar-refractivity contribution in [2.75, 3.05) is 18.4 Å². The number of anilines is 1. The maximum Gasteiger partial charge on any atom is 0.257 e. The van der Waals surface area contributed by atoms with Crippen LogP contribution in [0.25, 0.3) is 0 Å². The van der Waals surface area contributed by atoms with E-state index in [1.54, 1.807) is 24.3 Å². The van der Waals surface area contributed by atoms with Gasteiger partial charge in [-0.15, -0.1) is 0 Å². The Morgan fingerprint density at radius 1 is 1.17 bits per heavy atom. The minimum absolute atomic E-state index is 0.0221. The van der Waals surface area contributed by atoms with Crippen LogP contribution in [0.2, 0.25) is 5.15 Å². The quantitative estimate of drug-likeness (QED) is 0.581. The summed E-state index contributed by atoms with van der Waals surface area (Å²) in [4.78, 5) is 28.8. The van der Waals surface area contributed by atoms with Crippen molar-refractivity contribution in [3.63, 3.8) is 0 Å². The van der Waals surface area contributed by atoms with Crippen LogP contribution in [0.15, 0.2) is 42.6 Å². The Morgan fingerprint density at radius 2 is 1.90 bits per heavy atom. The fourth-order valence-corrected chi connectivity index (χ4v) is 4.03. The molecular formula is C23H29ClN4O2. The molecule has 1 aromatic carbocycles. The number of nitrogens with zero attached hydrogens (tertiary/aromatic N) is 1. The number of carbonyl (C=O) groups excluding carboxylic acids is 2. The fraction of sp³-hybridized carbons (Fsp3) is 0.435. The molecule has 1 saturated carbocycles. The number of nitrogens with one attached hydrogen (secondary N) is 2. The van der Waals surface area contributed by atoms with Crippen LogP contribution in [-0.2, 0) is 4.79 Å². The molecule has 1 aliphatic carbocycles. The lowest BCUT2D eigenvalue weighted by Crippen LogP contribution is -2.35. The Bertz CT molecular complexity index is 855. The molecule has 0 radical (unpaired) electrons. The number of carbonyl (C=O) groups is 2. The molecule has 1 fully saturated rings. The van der Waals surface area contributed by atoms with Gasteiger partial charge in [0.15, 0.2) is 0 Å². The number of aromatic nitrogens is 1. The molecule has 160 valence electrons. The number of benzene rings is 1. The van der Waals surface area contributed by atoms with E-state index in [1.807, 2.05) is 19.1 Å². The number of nitrogens with two attached hydrogens (primary N) is 1. The van der Waals surface area contributed by atoms with Gasteiger partial charge in [0.05, 0.1) is 11.5 Å². The molecule has 6 nitrogen and oxygen atoms in total. The summed E-state index contributed by atoms with van der Waals surface area (Å²) < 4.78 is 0. The maximum absolute atomic E-state index is 12.6. The van der Waals surface area contributed by atoms with Gasteiger partial charge in [0, 0.05) is 18.4 Å². The highest BCUT2D eigenvalue weighted by atomic mass is 35.5. The second kappa shape index (κ2) is 10.5. The summed E-state index contributed by atoms with van der Waals surface area (Å²) in [5.41, 5.74) is 7.79.